The normalized spacial score (nSPS) is 12.9. The highest BCUT2D eigenvalue weighted by atomic mass is 79.9. The molecule has 0 aliphatic heterocycles. The van der Waals surface area contributed by atoms with Gasteiger partial charge in [0.2, 0.25) is 0 Å². The van der Waals surface area contributed by atoms with Gasteiger partial charge < -0.3 is 4.74 Å². The standard InChI is InChI=1S/C13H19BrO/c1-10(2)12(14)9-8-11-6-4-5-7-13(11)15-3/h4-7,10,12H,8-9H2,1-3H3. The lowest BCUT2D eigenvalue weighted by molar-refractivity contribution is 0.408. The van der Waals surface area contributed by atoms with Crippen molar-refractivity contribution in [3.63, 3.8) is 0 Å². The molecular weight excluding hydrogens is 252 g/mol. The Labute approximate surface area is 101 Å². The minimum Gasteiger partial charge on any atom is -0.496 e. The lowest BCUT2D eigenvalue weighted by Gasteiger charge is -2.14. The van der Waals surface area contributed by atoms with Crippen molar-refractivity contribution in [3.05, 3.63) is 29.8 Å². The first-order valence-corrected chi connectivity index (χ1v) is 6.32. The molecule has 2 heteroatoms. The Bertz CT molecular complexity index is 296. The van der Waals surface area contributed by atoms with Crippen LogP contribution < -0.4 is 4.74 Å². The highest BCUT2D eigenvalue weighted by Gasteiger charge is 2.10. The van der Waals surface area contributed by atoms with E-state index >= 15 is 0 Å². The van der Waals surface area contributed by atoms with Crippen LogP contribution in [0.1, 0.15) is 25.8 Å². The second-order valence-corrected chi connectivity index (χ2v) is 5.29. The fourth-order valence-corrected chi connectivity index (χ4v) is 1.77. The van der Waals surface area contributed by atoms with Gasteiger partial charge in [0.25, 0.3) is 0 Å². The van der Waals surface area contributed by atoms with Gasteiger partial charge >= 0.3 is 0 Å². The van der Waals surface area contributed by atoms with Crippen molar-refractivity contribution in [3.8, 4) is 5.75 Å². The molecule has 0 fully saturated rings. The van der Waals surface area contributed by atoms with E-state index in [0.717, 1.165) is 18.6 Å². The van der Waals surface area contributed by atoms with Crippen molar-refractivity contribution in [2.45, 2.75) is 31.5 Å². The van der Waals surface area contributed by atoms with Gasteiger partial charge in [-0.2, -0.15) is 0 Å². The van der Waals surface area contributed by atoms with Gasteiger partial charge in [0.15, 0.2) is 0 Å². The van der Waals surface area contributed by atoms with Gasteiger partial charge in [-0.15, -0.1) is 0 Å². The topological polar surface area (TPSA) is 9.23 Å². The maximum atomic E-state index is 5.32. The fourth-order valence-electron chi connectivity index (χ4n) is 1.54. The number of para-hydroxylation sites is 1. The van der Waals surface area contributed by atoms with E-state index in [-0.39, 0.29) is 0 Å². The smallest absolute Gasteiger partial charge is 0.122 e. The molecule has 0 aliphatic carbocycles. The first-order chi connectivity index (χ1) is 7.15. The summed E-state index contributed by atoms with van der Waals surface area (Å²) in [4.78, 5) is 0.586. The van der Waals surface area contributed by atoms with Crippen LogP contribution in [0.15, 0.2) is 24.3 Å². The average Bonchev–Trinajstić information content (AvgIpc) is 2.26. The molecule has 0 saturated carbocycles. The number of aryl methyl sites for hydroxylation is 1. The van der Waals surface area contributed by atoms with Crippen molar-refractivity contribution in [1.82, 2.24) is 0 Å². The molecule has 0 bridgehead atoms. The predicted molar refractivity (Wildman–Crippen MR) is 68.9 cm³/mol. The van der Waals surface area contributed by atoms with Crippen molar-refractivity contribution in [2.24, 2.45) is 5.92 Å². The zero-order valence-corrected chi connectivity index (χ0v) is 11.3. The first-order valence-electron chi connectivity index (χ1n) is 5.41. The lowest BCUT2D eigenvalue weighted by Crippen LogP contribution is -2.08. The molecule has 1 nitrogen and oxygen atoms in total. The van der Waals surface area contributed by atoms with E-state index in [1.807, 2.05) is 12.1 Å². The van der Waals surface area contributed by atoms with Gasteiger partial charge in [0.05, 0.1) is 7.11 Å². The van der Waals surface area contributed by atoms with E-state index in [9.17, 15) is 0 Å². The molecular formula is C13H19BrO. The average molecular weight is 271 g/mol. The van der Waals surface area contributed by atoms with Crippen LogP contribution in [0.3, 0.4) is 0 Å². The van der Waals surface area contributed by atoms with E-state index in [1.54, 1.807) is 7.11 Å². The van der Waals surface area contributed by atoms with Crippen LogP contribution in [0.4, 0.5) is 0 Å². The summed E-state index contributed by atoms with van der Waals surface area (Å²) >= 11 is 3.71. The summed E-state index contributed by atoms with van der Waals surface area (Å²) in [7, 11) is 1.73. The highest BCUT2D eigenvalue weighted by molar-refractivity contribution is 9.09. The number of hydrogen-bond donors (Lipinski definition) is 0. The van der Waals surface area contributed by atoms with Crippen LogP contribution in [0.25, 0.3) is 0 Å². The summed E-state index contributed by atoms with van der Waals surface area (Å²) in [5.74, 6) is 1.68. The van der Waals surface area contributed by atoms with Crippen LogP contribution in [0, 0.1) is 5.92 Å². The minimum atomic E-state index is 0.586. The maximum absolute atomic E-state index is 5.32. The molecule has 0 amide bonds. The van der Waals surface area contributed by atoms with Gasteiger partial charge in [0, 0.05) is 4.83 Å². The van der Waals surface area contributed by atoms with Crippen LogP contribution in [-0.2, 0) is 6.42 Å². The molecule has 0 aromatic heterocycles. The Morgan fingerprint density at radius 1 is 1.27 bits per heavy atom. The third-order valence-electron chi connectivity index (χ3n) is 2.61. The predicted octanol–water partition coefficient (Wildman–Crippen LogP) is 4.05. The van der Waals surface area contributed by atoms with Gasteiger partial charge in [0.1, 0.15) is 5.75 Å². The van der Waals surface area contributed by atoms with Crippen molar-refractivity contribution in [2.75, 3.05) is 7.11 Å². The molecule has 0 aliphatic rings. The summed E-state index contributed by atoms with van der Waals surface area (Å²) in [5.41, 5.74) is 1.30. The van der Waals surface area contributed by atoms with Gasteiger partial charge in [-0.05, 0) is 30.4 Å². The number of benzene rings is 1. The molecule has 0 heterocycles. The number of halogens is 1. The second-order valence-electron chi connectivity index (χ2n) is 4.11. The van der Waals surface area contributed by atoms with Crippen LogP contribution in [0.5, 0.6) is 5.75 Å². The molecule has 1 rings (SSSR count). The van der Waals surface area contributed by atoms with Crippen LogP contribution in [-0.4, -0.2) is 11.9 Å². The zero-order chi connectivity index (χ0) is 11.3. The minimum absolute atomic E-state index is 0.586. The number of hydrogen-bond acceptors (Lipinski definition) is 1. The van der Waals surface area contributed by atoms with E-state index in [0.29, 0.717) is 10.7 Å². The number of methoxy groups -OCH3 is 1. The summed E-state index contributed by atoms with van der Waals surface area (Å²) in [5, 5.41) is 0. The monoisotopic (exact) mass is 270 g/mol. The quantitative estimate of drug-likeness (QED) is 0.734. The SMILES string of the molecule is COc1ccccc1CCC(Br)C(C)C. The van der Waals surface area contributed by atoms with Crippen molar-refractivity contribution >= 4 is 15.9 Å². The van der Waals surface area contributed by atoms with Crippen molar-refractivity contribution in [1.29, 1.82) is 0 Å². The fraction of sp³-hybridized carbons (Fsp3) is 0.538. The largest absolute Gasteiger partial charge is 0.496 e. The molecule has 0 N–H and O–H groups in total. The van der Waals surface area contributed by atoms with E-state index in [4.69, 9.17) is 4.74 Å². The molecule has 1 unspecified atom stereocenters. The van der Waals surface area contributed by atoms with Crippen LogP contribution in [0.2, 0.25) is 0 Å². The molecule has 1 aromatic rings. The Hall–Kier alpha value is -0.500. The second kappa shape index (κ2) is 6.16. The third kappa shape index (κ3) is 3.86. The lowest BCUT2D eigenvalue weighted by atomic mass is 10.0. The number of alkyl halides is 1. The summed E-state index contributed by atoms with van der Waals surface area (Å²) < 4.78 is 5.32. The van der Waals surface area contributed by atoms with Crippen LogP contribution >= 0.6 is 15.9 Å². The third-order valence-corrected chi connectivity index (χ3v) is 4.12. The highest BCUT2D eigenvalue weighted by Crippen LogP contribution is 2.23. The molecule has 0 saturated heterocycles. The summed E-state index contributed by atoms with van der Waals surface area (Å²) in [6, 6.07) is 8.24. The van der Waals surface area contributed by atoms with Crippen molar-refractivity contribution < 1.29 is 4.74 Å². The Morgan fingerprint density at radius 2 is 1.93 bits per heavy atom. The summed E-state index contributed by atoms with van der Waals surface area (Å²) in [6.07, 6.45) is 2.22. The van der Waals surface area contributed by atoms with Gasteiger partial charge in [-0.3, -0.25) is 0 Å². The molecule has 0 radical (unpaired) electrons. The first kappa shape index (κ1) is 12.6. The maximum Gasteiger partial charge on any atom is 0.122 e. The van der Waals surface area contributed by atoms with E-state index in [2.05, 4.69) is 41.9 Å². The number of ether oxygens (including phenoxy) is 1. The van der Waals surface area contributed by atoms with Gasteiger partial charge in [-0.25, -0.2) is 0 Å². The molecule has 15 heavy (non-hydrogen) atoms. The number of rotatable bonds is 5. The Balaban J connectivity index is 2.57. The Kier molecular flexibility index (Phi) is 5.16. The summed E-state index contributed by atoms with van der Waals surface area (Å²) in [6.45, 7) is 4.48. The Morgan fingerprint density at radius 3 is 2.53 bits per heavy atom. The molecule has 1 atom stereocenters. The zero-order valence-electron chi connectivity index (χ0n) is 9.66. The van der Waals surface area contributed by atoms with Gasteiger partial charge in [-0.1, -0.05) is 48.0 Å². The molecule has 0 spiro atoms. The van der Waals surface area contributed by atoms with E-state index < -0.39 is 0 Å². The molecule has 84 valence electrons. The molecule has 1 aromatic carbocycles. The van der Waals surface area contributed by atoms with E-state index in [1.165, 1.54) is 5.56 Å².